The largest absolute Gasteiger partial charge is 0.494 e. The molecule has 0 atom stereocenters. The van der Waals surface area contributed by atoms with E-state index in [1.54, 1.807) is 6.20 Å². The first-order valence-electron chi connectivity index (χ1n) is 13.9. The van der Waals surface area contributed by atoms with Crippen LogP contribution in [0, 0.1) is 6.92 Å². The Morgan fingerprint density at radius 1 is 1.08 bits per heavy atom. The van der Waals surface area contributed by atoms with Crippen LogP contribution in [0.15, 0.2) is 41.1 Å². The van der Waals surface area contributed by atoms with E-state index in [-0.39, 0.29) is 6.10 Å². The van der Waals surface area contributed by atoms with Crippen LogP contribution in [0.25, 0.3) is 11.3 Å². The number of rotatable bonds is 10. The van der Waals surface area contributed by atoms with Crippen LogP contribution in [0.2, 0.25) is 0 Å². The van der Waals surface area contributed by atoms with Gasteiger partial charge < -0.3 is 24.6 Å². The Hall–Kier alpha value is -2.97. The topological polar surface area (TPSA) is 96.5 Å². The first kappa shape index (κ1) is 25.7. The van der Waals surface area contributed by atoms with E-state index in [4.69, 9.17) is 14.2 Å². The van der Waals surface area contributed by atoms with Gasteiger partial charge in [-0.25, -0.2) is 9.97 Å². The Bertz CT molecular complexity index is 1140. The third-order valence-corrected chi connectivity index (χ3v) is 7.58. The molecule has 0 spiro atoms. The number of aryl methyl sites for hydroxylation is 1. The minimum absolute atomic E-state index is 0.112. The normalized spacial score (nSPS) is 17.7. The Morgan fingerprint density at radius 3 is 2.76 bits per heavy atom. The second kappa shape index (κ2) is 12.5. The van der Waals surface area contributed by atoms with Gasteiger partial charge in [-0.15, -0.1) is 0 Å². The molecular weight excluding hydrogens is 466 g/mol. The molecule has 0 amide bonds. The minimum Gasteiger partial charge on any atom is -0.494 e. The fraction of sp³-hybridized carbons (Fsp3) is 0.552. The van der Waals surface area contributed by atoms with Crippen molar-refractivity contribution in [2.45, 2.75) is 76.7 Å². The Morgan fingerprint density at radius 2 is 1.92 bits per heavy atom. The quantitative estimate of drug-likeness (QED) is 0.331. The zero-order chi connectivity index (χ0) is 25.5. The van der Waals surface area contributed by atoms with E-state index >= 15 is 0 Å². The minimum atomic E-state index is -0.112. The number of aliphatic hydroxyl groups excluding tert-OH is 1. The molecule has 1 saturated heterocycles. The van der Waals surface area contributed by atoms with E-state index in [1.807, 2.05) is 37.3 Å². The molecule has 37 heavy (non-hydrogen) atoms. The molecule has 1 aliphatic heterocycles. The number of unbranched alkanes of at least 4 members (excludes halogenated alkanes) is 1. The summed E-state index contributed by atoms with van der Waals surface area (Å²) in [6.45, 7) is 5.71. The molecule has 2 aliphatic rings. The van der Waals surface area contributed by atoms with E-state index in [9.17, 15) is 5.11 Å². The Kier molecular flexibility index (Phi) is 8.68. The van der Waals surface area contributed by atoms with Gasteiger partial charge in [-0.1, -0.05) is 30.5 Å². The number of hydrogen-bond donors (Lipinski definition) is 2. The first-order valence-corrected chi connectivity index (χ1v) is 13.9. The number of nitrogens with zero attached hydrogens (tertiary/aromatic N) is 4. The third-order valence-electron chi connectivity index (χ3n) is 7.58. The molecule has 3 heterocycles. The van der Waals surface area contributed by atoms with Crippen LogP contribution < -0.4 is 10.1 Å². The molecule has 5 rings (SSSR count). The number of nitrogens with one attached hydrogen (secondary N) is 1. The van der Waals surface area contributed by atoms with Crippen molar-refractivity contribution in [2.75, 3.05) is 31.6 Å². The highest BCUT2D eigenvalue weighted by Gasteiger charge is 2.25. The molecule has 2 N–H and O–H groups in total. The smallest absolute Gasteiger partial charge is 0.227 e. The molecule has 0 radical (unpaired) electrons. The first-order chi connectivity index (χ1) is 18.2. The van der Waals surface area contributed by atoms with Gasteiger partial charge in [0.15, 0.2) is 0 Å². The summed E-state index contributed by atoms with van der Waals surface area (Å²) in [6, 6.07) is 9.87. The number of aromatic nitrogens is 3. The van der Waals surface area contributed by atoms with Crippen molar-refractivity contribution >= 4 is 11.6 Å². The Balaban J connectivity index is 1.16. The van der Waals surface area contributed by atoms with Crippen LogP contribution in [0.1, 0.15) is 75.2 Å². The standard InChI is InChI=1S/C29H39N5O3/c1-21-27(28(33-37-21)22-8-3-2-4-9-22)26-12-15-30-29(32-26)31-23-10-7-11-25(20-23)36-19-6-5-16-34-17-13-24(35)14-18-34/h7,10-12,15,20,22,24,35H,2-6,8-9,13-14,16-19H2,1H3,(H,30,31,32). The lowest BCUT2D eigenvalue weighted by molar-refractivity contribution is 0.0812. The van der Waals surface area contributed by atoms with Crippen molar-refractivity contribution in [3.05, 3.63) is 48.0 Å². The van der Waals surface area contributed by atoms with Crippen LogP contribution in [0.4, 0.5) is 11.6 Å². The fourth-order valence-electron chi connectivity index (χ4n) is 5.48. The summed E-state index contributed by atoms with van der Waals surface area (Å²) in [7, 11) is 0. The van der Waals surface area contributed by atoms with Gasteiger partial charge in [0, 0.05) is 37.0 Å². The van der Waals surface area contributed by atoms with Crippen LogP contribution in [-0.2, 0) is 0 Å². The van der Waals surface area contributed by atoms with Crippen LogP contribution in [0.5, 0.6) is 5.75 Å². The number of hydrogen-bond acceptors (Lipinski definition) is 8. The summed E-state index contributed by atoms with van der Waals surface area (Å²) >= 11 is 0. The van der Waals surface area contributed by atoms with E-state index < -0.39 is 0 Å². The summed E-state index contributed by atoms with van der Waals surface area (Å²) in [6.07, 6.45) is 11.7. The van der Waals surface area contributed by atoms with Crippen LogP contribution in [0.3, 0.4) is 0 Å². The lowest BCUT2D eigenvalue weighted by Gasteiger charge is -2.29. The summed E-state index contributed by atoms with van der Waals surface area (Å²) in [5, 5.41) is 17.4. The molecule has 0 bridgehead atoms. The molecule has 1 aliphatic carbocycles. The lowest BCUT2D eigenvalue weighted by atomic mass is 9.85. The average molecular weight is 506 g/mol. The second-order valence-corrected chi connectivity index (χ2v) is 10.4. The molecule has 8 heteroatoms. The van der Waals surface area contributed by atoms with Gasteiger partial charge in [-0.2, -0.15) is 0 Å². The van der Waals surface area contributed by atoms with Crippen molar-refractivity contribution in [1.82, 2.24) is 20.0 Å². The maximum atomic E-state index is 9.64. The van der Waals surface area contributed by atoms with Gasteiger partial charge in [0.05, 0.1) is 29.7 Å². The van der Waals surface area contributed by atoms with Crippen molar-refractivity contribution in [1.29, 1.82) is 0 Å². The number of likely N-dealkylation sites (tertiary alicyclic amines) is 1. The third kappa shape index (κ3) is 6.87. The number of anilines is 2. The molecule has 2 fully saturated rings. The number of benzene rings is 1. The summed E-state index contributed by atoms with van der Waals surface area (Å²) in [5.41, 5.74) is 3.77. The van der Waals surface area contributed by atoms with Crippen LogP contribution in [-0.4, -0.2) is 57.5 Å². The van der Waals surface area contributed by atoms with E-state index in [0.29, 0.717) is 18.5 Å². The van der Waals surface area contributed by atoms with Crippen molar-refractivity contribution in [3.63, 3.8) is 0 Å². The van der Waals surface area contributed by atoms with Gasteiger partial charge in [0.1, 0.15) is 11.5 Å². The SMILES string of the molecule is Cc1onc(C2CCCCC2)c1-c1ccnc(Nc2cccc(OCCCCN3CCC(O)CC3)c2)n1. The highest BCUT2D eigenvalue weighted by atomic mass is 16.5. The summed E-state index contributed by atoms with van der Waals surface area (Å²) < 4.78 is 11.6. The zero-order valence-electron chi connectivity index (χ0n) is 21.9. The average Bonchev–Trinajstić information content (AvgIpc) is 3.32. The molecular formula is C29H39N5O3. The van der Waals surface area contributed by atoms with Gasteiger partial charge in [0.2, 0.25) is 5.95 Å². The molecule has 1 aromatic carbocycles. The predicted molar refractivity (Wildman–Crippen MR) is 144 cm³/mol. The molecule has 8 nitrogen and oxygen atoms in total. The second-order valence-electron chi connectivity index (χ2n) is 10.4. The molecule has 198 valence electrons. The van der Waals surface area contributed by atoms with Crippen molar-refractivity contribution < 1.29 is 14.4 Å². The number of ether oxygens (including phenoxy) is 1. The Labute approximate surface area is 219 Å². The van der Waals surface area contributed by atoms with Crippen molar-refractivity contribution in [3.8, 4) is 17.0 Å². The molecule has 3 aromatic rings. The van der Waals surface area contributed by atoms with Crippen LogP contribution >= 0.6 is 0 Å². The lowest BCUT2D eigenvalue weighted by Crippen LogP contribution is -2.36. The maximum Gasteiger partial charge on any atom is 0.227 e. The van der Waals surface area contributed by atoms with Gasteiger partial charge in [-0.05, 0) is 70.2 Å². The maximum absolute atomic E-state index is 9.64. The summed E-state index contributed by atoms with van der Waals surface area (Å²) in [4.78, 5) is 11.7. The molecule has 1 saturated carbocycles. The van der Waals surface area contributed by atoms with Gasteiger partial charge >= 0.3 is 0 Å². The van der Waals surface area contributed by atoms with E-state index in [1.165, 1.54) is 19.3 Å². The number of aliphatic hydroxyl groups is 1. The molecule has 2 aromatic heterocycles. The monoisotopic (exact) mass is 505 g/mol. The fourth-order valence-corrected chi connectivity index (χ4v) is 5.48. The highest BCUT2D eigenvalue weighted by molar-refractivity contribution is 5.66. The summed E-state index contributed by atoms with van der Waals surface area (Å²) in [5.74, 6) is 2.61. The van der Waals surface area contributed by atoms with Crippen molar-refractivity contribution in [2.24, 2.45) is 0 Å². The van der Waals surface area contributed by atoms with Gasteiger partial charge in [-0.3, -0.25) is 0 Å². The highest BCUT2D eigenvalue weighted by Crippen LogP contribution is 2.38. The molecule has 0 unspecified atom stereocenters. The van der Waals surface area contributed by atoms with Gasteiger partial charge in [0.25, 0.3) is 0 Å². The van der Waals surface area contributed by atoms with E-state index in [2.05, 4.69) is 20.4 Å². The van der Waals surface area contributed by atoms with E-state index in [0.717, 1.165) is 92.3 Å². The number of piperidine rings is 1. The zero-order valence-corrected chi connectivity index (χ0v) is 21.9. The predicted octanol–water partition coefficient (Wildman–Crippen LogP) is 5.85.